The zero-order chi connectivity index (χ0) is 12.7. The number of amides is 1. The molecular weight excluding hydrogens is 216 g/mol. The van der Waals surface area contributed by atoms with Gasteiger partial charge in [-0.25, -0.2) is 0 Å². The maximum Gasteiger partial charge on any atom is 0.306 e. The Balaban J connectivity index is 3.81. The van der Waals surface area contributed by atoms with Gasteiger partial charge in [-0.2, -0.15) is 0 Å². The summed E-state index contributed by atoms with van der Waals surface area (Å²) < 4.78 is 0. The SMILES string of the molecule is CC(CCNC(=O)C(N)CC(=O)O)C(=O)O. The molecule has 0 aliphatic heterocycles. The summed E-state index contributed by atoms with van der Waals surface area (Å²) in [4.78, 5) is 31.9. The fraction of sp³-hybridized carbons (Fsp3) is 0.667. The van der Waals surface area contributed by atoms with Crippen LogP contribution in [0.5, 0.6) is 0 Å². The summed E-state index contributed by atoms with van der Waals surface area (Å²) >= 11 is 0. The molecule has 0 aliphatic carbocycles. The third kappa shape index (κ3) is 5.97. The Morgan fingerprint density at radius 2 is 1.88 bits per heavy atom. The van der Waals surface area contributed by atoms with Crippen LogP contribution in [-0.4, -0.2) is 40.6 Å². The molecule has 1 amide bonds. The first-order valence-corrected chi connectivity index (χ1v) is 4.82. The fourth-order valence-electron chi connectivity index (χ4n) is 0.947. The summed E-state index contributed by atoms with van der Waals surface area (Å²) in [5.74, 6) is -3.23. The van der Waals surface area contributed by atoms with Crippen LogP contribution in [0.3, 0.4) is 0 Å². The van der Waals surface area contributed by atoms with Crippen molar-refractivity contribution in [2.24, 2.45) is 11.7 Å². The lowest BCUT2D eigenvalue weighted by atomic mass is 10.1. The molecule has 0 aromatic heterocycles. The van der Waals surface area contributed by atoms with Crippen LogP contribution < -0.4 is 11.1 Å². The number of rotatable bonds is 7. The van der Waals surface area contributed by atoms with E-state index in [0.717, 1.165) is 0 Å². The second kappa shape index (κ2) is 6.78. The van der Waals surface area contributed by atoms with Gasteiger partial charge in [0.25, 0.3) is 0 Å². The van der Waals surface area contributed by atoms with E-state index < -0.39 is 36.2 Å². The Labute approximate surface area is 92.6 Å². The minimum absolute atomic E-state index is 0.166. The number of nitrogens with one attached hydrogen (secondary N) is 1. The van der Waals surface area contributed by atoms with Gasteiger partial charge in [0.05, 0.1) is 18.4 Å². The van der Waals surface area contributed by atoms with Crippen LogP contribution in [0.1, 0.15) is 19.8 Å². The fourth-order valence-corrected chi connectivity index (χ4v) is 0.947. The predicted molar refractivity (Wildman–Crippen MR) is 54.7 cm³/mol. The third-order valence-corrected chi connectivity index (χ3v) is 2.03. The second-order valence-electron chi connectivity index (χ2n) is 3.52. The Morgan fingerprint density at radius 3 is 2.31 bits per heavy atom. The maximum atomic E-state index is 11.2. The maximum absolute atomic E-state index is 11.2. The van der Waals surface area contributed by atoms with Crippen molar-refractivity contribution in [3.8, 4) is 0 Å². The minimum atomic E-state index is -1.15. The first-order chi connectivity index (χ1) is 7.34. The Hall–Kier alpha value is -1.63. The van der Waals surface area contributed by atoms with Crippen molar-refractivity contribution in [2.45, 2.75) is 25.8 Å². The highest BCUT2D eigenvalue weighted by atomic mass is 16.4. The van der Waals surface area contributed by atoms with Gasteiger partial charge in [0.1, 0.15) is 0 Å². The third-order valence-electron chi connectivity index (χ3n) is 2.03. The molecule has 2 atom stereocenters. The molecule has 16 heavy (non-hydrogen) atoms. The van der Waals surface area contributed by atoms with Crippen LogP contribution in [0.4, 0.5) is 0 Å². The number of nitrogens with two attached hydrogens (primary N) is 1. The quantitative estimate of drug-likeness (QED) is 0.446. The molecule has 0 spiro atoms. The minimum Gasteiger partial charge on any atom is -0.481 e. The van der Waals surface area contributed by atoms with E-state index in [-0.39, 0.29) is 13.0 Å². The van der Waals surface area contributed by atoms with E-state index in [1.165, 1.54) is 6.92 Å². The highest BCUT2D eigenvalue weighted by Crippen LogP contribution is 1.99. The standard InChI is InChI=1S/C9H16N2O5/c1-5(9(15)16)2-3-11-8(14)6(10)4-7(12)13/h5-6H,2-4,10H2,1H3,(H,11,14)(H,12,13)(H,15,16). The van der Waals surface area contributed by atoms with Crippen molar-refractivity contribution in [3.63, 3.8) is 0 Å². The van der Waals surface area contributed by atoms with Crippen LogP contribution >= 0.6 is 0 Å². The highest BCUT2D eigenvalue weighted by molar-refractivity contribution is 5.85. The molecule has 0 saturated carbocycles. The van der Waals surface area contributed by atoms with Crippen molar-refractivity contribution in [3.05, 3.63) is 0 Å². The molecule has 0 aromatic rings. The average molecular weight is 232 g/mol. The monoisotopic (exact) mass is 232 g/mol. The van der Waals surface area contributed by atoms with Crippen LogP contribution in [-0.2, 0) is 14.4 Å². The van der Waals surface area contributed by atoms with Gasteiger partial charge in [-0.05, 0) is 6.42 Å². The van der Waals surface area contributed by atoms with Crippen molar-refractivity contribution in [2.75, 3.05) is 6.54 Å². The van der Waals surface area contributed by atoms with Crippen molar-refractivity contribution >= 4 is 17.8 Å². The highest BCUT2D eigenvalue weighted by Gasteiger charge is 2.17. The van der Waals surface area contributed by atoms with E-state index in [2.05, 4.69) is 5.32 Å². The van der Waals surface area contributed by atoms with Crippen LogP contribution in [0.15, 0.2) is 0 Å². The first-order valence-electron chi connectivity index (χ1n) is 4.82. The van der Waals surface area contributed by atoms with Gasteiger partial charge in [-0.1, -0.05) is 6.92 Å². The lowest BCUT2D eigenvalue weighted by Gasteiger charge is -2.11. The van der Waals surface area contributed by atoms with Crippen molar-refractivity contribution in [1.29, 1.82) is 0 Å². The largest absolute Gasteiger partial charge is 0.481 e. The second-order valence-corrected chi connectivity index (χ2v) is 3.52. The summed E-state index contributed by atoms with van der Waals surface area (Å²) in [6, 6.07) is -1.10. The van der Waals surface area contributed by atoms with E-state index in [1.54, 1.807) is 0 Å². The van der Waals surface area contributed by atoms with Gasteiger partial charge >= 0.3 is 11.9 Å². The molecule has 7 nitrogen and oxygen atoms in total. The summed E-state index contributed by atoms with van der Waals surface area (Å²) in [6.45, 7) is 1.69. The number of carboxylic acid groups (broad SMARTS) is 2. The smallest absolute Gasteiger partial charge is 0.306 e. The average Bonchev–Trinajstić information content (AvgIpc) is 2.15. The number of hydrogen-bond acceptors (Lipinski definition) is 4. The van der Waals surface area contributed by atoms with E-state index >= 15 is 0 Å². The molecule has 2 unspecified atom stereocenters. The molecule has 0 aliphatic rings. The van der Waals surface area contributed by atoms with Crippen LogP contribution in [0.25, 0.3) is 0 Å². The van der Waals surface area contributed by atoms with Gasteiger partial charge in [0.2, 0.25) is 5.91 Å². The lowest BCUT2D eigenvalue weighted by molar-refractivity contribution is -0.141. The molecule has 0 radical (unpaired) electrons. The molecule has 0 bridgehead atoms. The number of aliphatic carboxylic acids is 2. The van der Waals surface area contributed by atoms with E-state index in [0.29, 0.717) is 0 Å². The molecule has 0 rings (SSSR count). The Bertz CT molecular complexity index is 279. The molecule has 0 heterocycles. The molecule has 0 aromatic carbocycles. The summed E-state index contributed by atoms with van der Waals surface area (Å²) in [5.41, 5.74) is 5.29. The first kappa shape index (κ1) is 14.4. The van der Waals surface area contributed by atoms with E-state index in [4.69, 9.17) is 15.9 Å². The Morgan fingerprint density at radius 1 is 1.31 bits per heavy atom. The summed E-state index contributed by atoms with van der Waals surface area (Å²) in [7, 11) is 0. The van der Waals surface area contributed by atoms with Gasteiger partial charge in [-0.3, -0.25) is 14.4 Å². The molecular formula is C9H16N2O5. The molecule has 92 valence electrons. The molecule has 7 heteroatoms. The zero-order valence-electron chi connectivity index (χ0n) is 8.97. The number of hydrogen-bond donors (Lipinski definition) is 4. The number of carbonyl (C=O) groups is 3. The summed E-state index contributed by atoms with van der Waals surface area (Å²) in [6.07, 6.45) is -0.165. The van der Waals surface area contributed by atoms with Crippen molar-refractivity contribution < 1.29 is 24.6 Å². The molecule has 0 fully saturated rings. The summed E-state index contributed by atoms with van der Waals surface area (Å²) in [5, 5.41) is 19.3. The molecule has 5 N–H and O–H groups in total. The van der Waals surface area contributed by atoms with E-state index in [9.17, 15) is 14.4 Å². The predicted octanol–water partition coefficient (Wildman–Crippen LogP) is -0.985. The van der Waals surface area contributed by atoms with Crippen LogP contribution in [0, 0.1) is 5.92 Å². The van der Waals surface area contributed by atoms with Crippen LogP contribution in [0.2, 0.25) is 0 Å². The molecule has 0 saturated heterocycles. The number of carboxylic acids is 2. The Kier molecular flexibility index (Phi) is 6.09. The van der Waals surface area contributed by atoms with Gasteiger partial charge in [0, 0.05) is 6.54 Å². The van der Waals surface area contributed by atoms with E-state index in [1.807, 2.05) is 0 Å². The van der Waals surface area contributed by atoms with Gasteiger partial charge in [-0.15, -0.1) is 0 Å². The van der Waals surface area contributed by atoms with Gasteiger partial charge in [0.15, 0.2) is 0 Å². The zero-order valence-corrected chi connectivity index (χ0v) is 8.97. The lowest BCUT2D eigenvalue weighted by Crippen LogP contribution is -2.42. The van der Waals surface area contributed by atoms with Crippen molar-refractivity contribution in [1.82, 2.24) is 5.32 Å². The van der Waals surface area contributed by atoms with Gasteiger partial charge < -0.3 is 21.3 Å². The normalized spacial score (nSPS) is 13.9. The topological polar surface area (TPSA) is 130 Å². The number of carbonyl (C=O) groups excluding carboxylic acids is 1.